The fourth-order valence-electron chi connectivity index (χ4n) is 1.78. The Labute approximate surface area is 100 Å². The van der Waals surface area contributed by atoms with Crippen LogP contribution in [0.3, 0.4) is 0 Å². The predicted octanol–water partition coefficient (Wildman–Crippen LogP) is 2.22. The highest BCUT2D eigenvalue weighted by atomic mass is 35.5. The molecule has 5 heteroatoms. The molecule has 1 heterocycles. The second kappa shape index (κ2) is 4.87. The van der Waals surface area contributed by atoms with Crippen LogP contribution >= 0.6 is 11.6 Å². The van der Waals surface area contributed by atoms with Crippen LogP contribution in [0.5, 0.6) is 5.88 Å². The topological polar surface area (TPSA) is 47.0 Å². The van der Waals surface area contributed by atoms with E-state index in [1.807, 2.05) is 13.0 Å². The number of aromatic nitrogens is 2. The van der Waals surface area contributed by atoms with E-state index < -0.39 is 0 Å². The smallest absolute Gasteiger partial charge is 0.226 e. The number of nitrogens with zero attached hydrogens (tertiary/aromatic N) is 2. The summed E-state index contributed by atoms with van der Waals surface area (Å²) in [5.41, 5.74) is 0.901. The molecule has 0 saturated heterocycles. The van der Waals surface area contributed by atoms with Crippen molar-refractivity contribution in [1.29, 1.82) is 0 Å². The third-order valence-corrected chi connectivity index (χ3v) is 3.12. The first-order valence-corrected chi connectivity index (χ1v) is 5.88. The molecule has 16 heavy (non-hydrogen) atoms. The van der Waals surface area contributed by atoms with Gasteiger partial charge >= 0.3 is 0 Å². The lowest BCUT2D eigenvalue weighted by atomic mass is 9.85. The Kier molecular flexibility index (Phi) is 3.49. The first-order chi connectivity index (χ1) is 7.67. The van der Waals surface area contributed by atoms with Gasteiger partial charge in [-0.15, -0.1) is 11.6 Å². The maximum Gasteiger partial charge on any atom is 0.226 e. The lowest BCUT2D eigenvalue weighted by Crippen LogP contribution is -2.30. The Balaban J connectivity index is 1.90. The minimum atomic E-state index is 0.361. The molecule has 1 aliphatic rings. The number of halogens is 1. The monoisotopic (exact) mass is 241 g/mol. The zero-order valence-electron chi connectivity index (χ0n) is 9.53. The Morgan fingerprint density at radius 2 is 2.25 bits per heavy atom. The number of rotatable bonds is 4. The molecule has 88 valence electrons. The van der Waals surface area contributed by atoms with Crippen molar-refractivity contribution in [2.24, 2.45) is 5.92 Å². The molecule has 0 bridgehead atoms. The Bertz CT molecular complexity index is 366. The van der Waals surface area contributed by atoms with Gasteiger partial charge in [0.1, 0.15) is 0 Å². The summed E-state index contributed by atoms with van der Waals surface area (Å²) >= 11 is 5.92. The van der Waals surface area contributed by atoms with Gasteiger partial charge in [0, 0.05) is 23.7 Å². The second-order valence-electron chi connectivity index (χ2n) is 4.19. The Morgan fingerprint density at radius 3 is 2.88 bits per heavy atom. The van der Waals surface area contributed by atoms with E-state index in [-0.39, 0.29) is 0 Å². The molecule has 0 aliphatic heterocycles. The van der Waals surface area contributed by atoms with E-state index in [1.165, 1.54) is 0 Å². The normalized spacial score (nSPS) is 23.7. The Hall–Kier alpha value is -1.03. The van der Waals surface area contributed by atoms with Gasteiger partial charge in [-0.25, -0.2) is 4.98 Å². The number of aryl methyl sites for hydroxylation is 1. The molecule has 2 rings (SSSR count). The zero-order valence-corrected chi connectivity index (χ0v) is 10.3. The maximum absolute atomic E-state index is 5.92. The van der Waals surface area contributed by atoms with Gasteiger partial charge in [-0.1, -0.05) is 0 Å². The molecular weight excluding hydrogens is 226 g/mol. The quantitative estimate of drug-likeness (QED) is 0.822. The lowest BCUT2D eigenvalue weighted by molar-refractivity contribution is 0.340. The fraction of sp³-hybridized carbons (Fsp3) is 0.636. The van der Waals surface area contributed by atoms with Crippen LogP contribution in [0.4, 0.5) is 5.95 Å². The van der Waals surface area contributed by atoms with Crippen LogP contribution in [0.15, 0.2) is 6.07 Å². The largest absolute Gasteiger partial charge is 0.481 e. The highest BCUT2D eigenvalue weighted by Crippen LogP contribution is 2.31. The number of ether oxygens (including phenoxy) is 1. The highest BCUT2D eigenvalue weighted by Gasteiger charge is 2.26. The lowest BCUT2D eigenvalue weighted by Gasteiger charge is -2.30. The molecule has 1 aromatic rings. The van der Waals surface area contributed by atoms with Crippen molar-refractivity contribution in [3.63, 3.8) is 0 Å². The van der Waals surface area contributed by atoms with Gasteiger partial charge in [-0.2, -0.15) is 4.98 Å². The first-order valence-electron chi connectivity index (χ1n) is 5.45. The van der Waals surface area contributed by atoms with Gasteiger partial charge < -0.3 is 10.1 Å². The number of hydrogen-bond acceptors (Lipinski definition) is 4. The third-order valence-electron chi connectivity index (χ3n) is 2.77. The van der Waals surface area contributed by atoms with E-state index in [1.54, 1.807) is 7.11 Å². The minimum Gasteiger partial charge on any atom is -0.481 e. The van der Waals surface area contributed by atoms with Crippen molar-refractivity contribution in [2.45, 2.75) is 25.1 Å². The van der Waals surface area contributed by atoms with Gasteiger partial charge in [0.05, 0.1) is 7.11 Å². The molecule has 1 aromatic heterocycles. The van der Waals surface area contributed by atoms with Crippen molar-refractivity contribution in [3.8, 4) is 5.88 Å². The van der Waals surface area contributed by atoms with Crippen LogP contribution in [0.25, 0.3) is 0 Å². The minimum absolute atomic E-state index is 0.361. The molecule has 1 N–H and O–H groups in total. The molecule has 1 saturated carbocycles. The van der Waals surface area contributed by atoms with Crippen LogP contribution in [-0.4, -0.2) is 29.0 Å². The summed E-state index contributed by atoms with van der Waals surface area (Å²) in [6, 6.07) is 1.81. The fourth-order valence-corrected chi connectivity index (χ4v) is 2.28. The third kappa shape index (κ3) is 2.76. The molecule has 1 fully saturated rings. The van der Waals surface area contributed by atoms with Crippen LogP contribution in [0.2, 0.25) is 0 Å². The van der Waals surface area contributed by atoms with E-state index in [0.29, 0.717) is 23.1 Å². The van der Waals surface area contributed by atoms with Crippen LogP contribution in [0.1, 0.15) is 18.5 Å². The summed E-state index contributed by atoms with van der Waals surface area (Å²) in [4.78, 5) is 8.52. The molecule has 0 unspecified atom stereocenters. The average molecular weight is 242 g/mol. The van der Waals surface area contributed by atoms with E-state index in [9.17, 15) is 0 Å². The van der Waals surface area contributed by atoms with Crippen molar-refractivity contribution in [2.75, 3.05) is 19.0 Å². The van der Waals surface area contributed by atoms with E-state index in [2.05, 4.69) is 15.3 Å². The molecule has 0 aromatic carbocycles. The summed E-state index contributed by atoms with van der Waals surface area (Å²) < 4.78 is 5.09. The number of hydrogen-bond donors (Lipinski definition) is 1. The number of anilines is 1. The summed E-state index contributed by atoms with van der Waals surface area (Å²) in [6.45, 7) is 2.81. The molecule has 0 spiro atoms. The summed E-state index contributed by atoms with van der Waals surface area (Å²) in [6.07, 6.45) is 2.16. The van der Waals surface area contributed by atoms with Crippen LogP contribution in [0, 0.1) is 12.8 Å². The van der Waals surface area contributed by atoms with Crippen LogP contribution in [-0.2, 0) is 0 Å². The standard InChI is InChI=1S/C11H16ClN3O/c1-7-3-10(16-2)15-11(14-7)13-6-8-4-9(12)5-8/h3,8-9H,4-6H2,1-2H3,(H,13,14,15). The molecule has 0 amide bonds. The van der Waals surface area contributed by atoms with E-state index in [4.69, 9.17) is 16.3 Å². The number of nitrogens with one attached hydrogen (secondary N) is 1. The summed E-state index contributed by atoms with van der Waals surface area (Å²) in [5, 5.41) is 3.58. The van der Waals surface area contributed by atoms with Crippen LogP contribution < -0.4 is 10.1 Å². The molecule has 4 nitrogen and oxygen atoms in total. The second-order valence-corrected chi connectivity index (χ2v) is 4.81. The molecule has 0 radical (unpaired) electrons. The average Bonchev–Trinajstić information content (AvgIpc) is 2.22. The van der Waals surface area contributed by atoms with Gasteiger partial charge in [-0.05, 0) is 25.7 Å². The number of methoxy groups -OCH3 is 1. The maximum atomic E-state index is 5.92. The first kappa shape index (κ1) is 11.5. The van der Waals surface area contributed by atoms with E-state index >= 15 is 0 Å². The van der Waals surface area contributed by atoms with Crippen molar-refractivity contribution in [1.82, 2.24) is 9.97 Å². The zero-order chi connectivity index (χ0) is 11.5. The van der Waals surface area contributed by atoms with Crippen molar-refractivity contribution in [3.05, 3.63) is 11.8 Å². The van der Waals surface area contributed by atoms with Gasteiger partial charge in [-0.3, -0.25) is 0 Å². The predicted molar refractivity (Wildman–Crippen MR) is 64.2 cm³/mol. The molecular formula is C11H16ClN3O. The van der Waals surface area contributed by atoms with E-state index in [0.717, 1.165) is 25.1 Å². The number of alkyl halides is 1. The van der Waals surface area contributed by atoms with Crippen molar-refractivity contribution < 1.29 is 4.74 Å². The highest BCUT2D eigenvalue weighted by molar-refractivity contribution is 6.21. The SMILES string of the molecule is COc1cc(C)nc(NCC2CC(Cl)C2)n1. The van der Waals surface area contributed by atoms with Gasteiger partial charge in [0.2, 0.25) is 11.8 Å². The van der Waals surface area contributed by atoms with Gasteiger partial charge in [0.15, 0.2) is 0 Å². The van der Waals surface area contributed by atoms with Crippen molar-refractivity contribution >= 4 is 17.5 Å². The molecule has 1 aliphatic carbocycles. The molecule has 0 atom stereocenters. The Morgan fingerprint density at radius 1 is 1.50 bits per heavy atom. The summed E-state index contributed by atoms with van der Waals surface area (Å²) in [7, 11) is 1.61. The van der Waals surface area contributed by atoms with Gasteiger partial charge in [0.25, 0.3) is 0 Å². The summed E-state index contributed by atoms with van der Waals surface area (Å²) in [5.74, 6) is 1.88.